The zero-order chi connectivity index (χ0) is 21.8. The Bertz CT molecular complexity index is 1030. The van der Waals surface area contributed by atoms with Gasteiger partial charge in [-0.2, -0.15) is 0 Å². The van der Waals surface area contributed by atoms with E-state index in [9.17, 15) is 19.2 Å². The molecule has 30 heavy (non-hydrogen) atoms. The Hall–Kier alpha value is -3.74. The lowest BCUT2D eigenvalue weighted by molar-refractivity contribution is -0.141. The van der Waals surface area contributed by atoms with Crippen LogP contribution in [0.5, 0.6) is 0 Å². The SMILES string of the molecule is C=CCN1C(=O)c2ccc(C(=O)NC(CC(=O)OC)c3ccc(C)cc3)cc2C1=O. The maximum atomic E-state index is 12.9. The number of esters is 1. The zero-order valence-electron chi connectivity index (χ0n) is 16.8. The summed E-state index contributed by atoms with van der Waals surface area (Å²) in [5, 5.41) is 2.82. The Balaban J connectivity index is 1.86. The molecule has 2 aromatic carbocycles. The summed E-state index contributed by atoms with van der Waals surface area (Å²) in [5.74, 6) is -1.80. The topological polar surface area (TPSA) is 92.8 Å². The average molecular weight is 406 g/mol. The second kappa shape index (κ2) is 8.73. The van der Waals surface area contributed by atoms with Crippen molar-refractivity contribution >= 4 is 23.7 Å². The van der Waals surface area contributed by atoms with E-state index in [1.807, 2.05) is 31.2 Å². The van der Waals surface area contributed by atoms with Gasteiger partial charge in [-0.15, -0.1) is 6.58 Å². The lowest BCUT2D eigenvalue weighted by Crippen LogP contribution is -2.30. The third-order valence-corrected chi connectivity index (χ3v) is 4.93. The molecule has 154 valence electrons. The first-order valence-electron chi connectivity index (χ1n) is 9.41. The van der Waals surface area contributed by atoms with Gasteiger partial charge in [-0.05, 0) is 30.7 Å². The first-order valence-corrected chi connectivity index (χ1v) is 9.41. The number of carbonyl (C=O) groups is 4. The Labute approximate surface area is 174 Å². The van der Waals surface area contributed by atoms with E-state index in [1.165, 1.54) is 31.4 Å². The van der Waals surface area contributed by atoms with Gasteiger partial charge < -0.3 is 10.1 Å². The van der Waals surface area contributed by atoms with Gasteiger partial charge in [0, 0.05) is 12.1 Å². The molecule has 7 heteroatoms. The van der Waals surface area contributed by atoms with Crippen LogP contribution in [0.1, 0.15) is 54.7 Å². The van der Waals surface area contributed by atoms with Gasteiger partial charge in [0.25, 0.3) is 17.7 Å². The van der Waals surface area contributed by atoms with Gasteiger partial charge in [0.1, 0.15) is 0 Å². The molecule has 1 aliphatic heterocycles. The van der Waals surface area contributed by atoms with Gasteiger partial charge in [0.15, 0.2) is 0 Å². The number of hydrogen-bond donors (Lipinski definition) is 1. The molecule has 0 saturated carbocycles. The Morgan fingerprint density at radius 2 is 1.77 bits per heavy atom. The van der Waals surface area contributed by atoms with Crippen molar-refractivity contribution in [3.05, 3.63) is 82.9 Å². The number of amides is 3. The number of rotatable bonds is 7. The number of ether oxygens (including phenoxy) is 1. The smallest absolute Gasteiger partial charge is 0.307 e. The minimum absolute atomic E-state index is 0.0409. The third kappa shape index (κ3) is 4.15. The Kier molecular flexibility index (Phi) is 6.11. The van der Waals surface area contributed by atoms with Crippen molar-refractivity contribution in [3.8, 4) is 0 Å². The number of carbonyl (C=O) groups excluding carboxylic acids is 4. The number of methoxy groups -OCH3 is 1. The van der Waals surface area contributed by atoms with Crippen molar-refractivity contribution < 1.29 is 23.9 Å². The molecule has 0 bridgehead atoms. The molecule has 2 aromatic rings. The monoisotopic (exact) mass is 406 g/mol. The highest BCUT2D eigenvalue weighted by Crippen LogP contribution is 2.25. The highest BCUT2D eigenvalue weighted by Gasteiger charge is 2.35. The molecule has 0 aliphatic carbocycles. The molecule has 3 rings (SSSR count). The van der Waals surface area contributed by atoms with Crippen LogP contribution < -0.4 is 5.32 Å². The first kappa shape index (κ1) is 21.0. The largest absolute Gasteiger partial charge is 0.469 e. The van der Waals surface area contributed by atoms with Crippen molar-refractivity contribution in [1.29, 1.82) is 0 Å². The molecule has 1 N–H and O–H groups in total. The molecule has 7 nitrogen and oxygen atoms in total. The van der Waals surface area contributed by atoms with E-state index in [-0.39, 0.29) is 29.7 Å². The normalized spacial score (nSPS) is 13.6. The van der Waals surface area contributed by atoms with Crippen LogP contribution in [0.4, 0.5) is 0 Å². The van der Waals surface area contributed by atoms with Crippen molar-refractivity contribution in [3.63, 3.8) is 0 Å². The molecule has 0 fully saturated rings. The molecule has 3 amide bonds. The fourth-order valence-electron chi connectivity index (χ4n) is 3.27. The molecule has 0 radical (unpaired) electrons. The lowest BCUT2D eigenvalue weighted by atomic mass is 10.0. The van der Waals surface area contributed by atoms with Gasteiger partial charge in [-0.25, -0.2) is 0 Å². The third-order valence-electron chi connectivity index (χ3n) is 4.93. The van der Waals surface area contributed by atoms with E-state index in [0.717, 1.165) is 16.0 Å². The van der Waals surface area contributed by atoms with Crippen molar-refractivity contribution in [1.82, 2.24) is 10.2 Å². The van der Waals surface area contributed by atoms with Gasteiger partial charge >= 0.3 is 5.97 Å². The summed E-state index contributed by atoms with van der Waals surface area (Å²) in [6.07, 6.45) is 1.43. The number of benzene rings is 2. The maximum absolute atomic E-state index is 12.9. The standard InChI is InChI=1S/C23H22N2O5/c1-4-11-25-22(28)17-10-9-16(12-18(17)23(25)29)21(27)24-19(13-20(26)30-3)15-7-5-14(2)6-8-15/h4-10,12,19H,1,11,13H2,2-3H3,(H,24,27). The van der Waals surface area contributed by atoms with Gasteiger partial charge in [-0.1, -0.05) is 35.9 Å². The van der Waals surface area contributed by atoms with E-state index in [1.54, 1.807) is 0 Å². The highest BCUT2D eigenvalue weighted by molar-refractivity contribution is 6.22. The van der Waals surface area contributed by atoms with Crippen LogP contribution in [-0.4, -0.2) is 42.2 Å². The van der Waals surface area contributed by atoms with E-state index in [2.05, 4.69) is 11.9 Å². The summed E-state index contributed by atoms with van der Waals surface area (Å²) in [6.45, 7) is 5.59. The summed E-state index contributed by atoms with van der Waals surface area (Å²) in [7, 11) is 1.29. The molecular formula is C23H22N2O5. The van der Waals surface area contributed by atoms with Crippen molar-refractivity contribution in [2.24, 2.45) is 0 Å². The van der Waals surface area contributed by atoms with Crippen LogP contribution in [0.2, 0.25) is 0 Å². The van der Waals surface area contributed by atoms with Crippen molar-refractivity contribution in [2.75, 3.05) is 13.7 Å². The summed E-state index contributed by atoms with van der Waals surface area (Å²) >= 11 is 0. The zero-order valence-corrected chi connectivity index (χ0v) is 16.8. The number of hydrogen-bond acceptors (Lipinski definition) is 5. The minimum Gasteiger partial charge on any atom is -0.469 e. The summed E-state index contributed by atoms with van der Waals surface area (Å²) < 4.78 is 4.75. The molecule has 1 unspecified atom stereocenters. The molecule has 0 spiro atoms. The highest BCUT2D eigenvalue weighted by atomic mass is 16.5. The molecule has 0 saturated heterocycles. The second-order valence-corrected chi connectivity index (χ2v) is 6.99. The van der Waals surface area contributed by atoms with Crippen LogP contribution in [0.25, 0.3) is 0 Å². The van der Waals surface area contributed by atoms with E-state index >= 15 is 0 Å². The van der Waals surface area contributed by atoms with Gasteiger partial charge in [0.05, 0.1) is 30.7 Å². The Morgan fingerprint density at radius 3 is 2.40 bits per heavy atom. The predicted molar refractivity (Wildman–Crippen MR) is 110 cm³/mol. The second-order valence-electron chi connectivity index (χ2n) is 6.99. The molecule has 1 aliphatic rings. The van der Waals surface area contributed by atoms with Crippen LogP contribution in [0.15, 0.2) is 55.1 Å². The van der Waals surface area contributed by atoms with Crippen LogP contribution in [-0.2, 0) is 9.53 Å². The van der Waals surface area contributed by atoms with E-state index in [4.69, 9.17) is 4.74 Å². The number of aryl methyl sites for hydroxylation is 1. The van der Waals surface area contributed by atoms with Crippen LogP contribution in [0, 0.1) is 6.92 Å². The number of imide groups is 1. The van der Waals surface area contributed by atoms with Gasteiger partial charge in [0.2, 0.25) is 0 Å². The van der Waals surface area contributed by atoms with E-state index in [0.29, 0.717) is 0 Å². The summed E-state index contributed by atoms with van der Waals surface area (Å²) in [4.78, 5) is 50.6. The quantitative estimate of drug-likeness (QED) is 0.434. The predicted octanol–water partition coefficient (Wildman–Crippen LogP) is 2.81. The fourth-order valence-corrected chi connectivity index (χ4v) is 3.27. The summed E-state index contributed by atoms with van der Waals surface area (Å²) in [5.41, 5.74) is 2.45. The van der Waals surface area contributed by atoms with E-state index < -0.39 is 29.7 Å². The fraction of sp³-hybridized carbons (Fsp3) is 0.217. The van der Waals surface area contributed by atoms with Crippen LogP contribution in [0.3, 0.4) is 0 Å². The number of nitrogens with one attached hydrogen (secondary N) is 1. The Morgan fingerprint density at radius 1 is 1.10 bits per heavy atom. The molecule has 0 aromatic heterocycles. The maximum Gasteiger partial charge on any atom is 0.307 e. The van der Waals surface area contributed by atoms with Crippen molar-refractivity contribution in [2.45, 2.75) is 19.4 Å². The average Bonchev–Trinajstić information content (AvgIpc) is 2.98. The minimum atomic E-state index is -0.603. The molecule has 1 atom stereocenters. The van der Waals surface area contributed by atoms with Crippen LogP contribution >= 0.6 is 0 Å². The first-order chi connectivity index (χ1) is 14.3. The molecular weight excluding hydrogens is 384 g/mol. The lowest BCUT2D eigenvalue weighted by Gasteiger charge is -2.18. The van der Waals surface area contributed by atoms with Gasteiger partial charge in [-0.3, -0.25) is 24.1 Å². The molecule has 1 heterocycles. The number of fused-ring (bicyclic) bond motifs is 1. The number of nitrogens with zero attached hydrogens (tertiary/aromatic N) is 1. The summed E-state index contributed by atoms with van der Waals surface area (Å²) in [6, 6.07) is 11.2.